The number of hydrogen-bond donors (Lipinski definition) is 0. The summed E-state index contributed by atoms with van der Waals surface area (Å²) >= 11 is 3.45. The first-order valence-corrected chi connectivity index (χ1v) is 6.47. The number of fused-ring (bicyclic) bond motifs is 1. The lowest BCUT2D eigenvalue weighted by Gasteiger charge is -2.07. The predicted octanol–water partition coefficient (Wildman–Crippen LogP) is 3.76. The molecule has 2 rings (SSSR count). The average Bonchev–Trinajstić information content (AvgIpc) is 2.29. The minimum absolute atomic E-state index is 0.355. The van der Waals surface area contributed by atoms with Gasteiger partial charge in [-0.05, 0) is 36.6 Å². The Kier molecular flexibility index (Phi) is 3.89. The number of rotatable bonds is 4. The lowest BCUT2D eigenvalue weighted by Crippen LogP contribution is -2.02. The van der Waals surface area contributed by atoms with Crippen LogP contribution in [-0.4, -0.2) is 11.3 Å². The summed E-state index contributed by atoms with van der Waals surface area (Å²) in [5, 5.41) is 1.13. The molecule has 1 aromatic carbocycles. The second kappa shape index (κ2) is 5.41. The van der Waals surface area contributed by atoms with Crippen molar-refractivity contribution in [2.24, 2.45) is 5.92 Å². The summed E-state index contributed by atoms with van der Waals surface area (Å²) in [5.41, 5.74) is 2.05. The number of benzene rings is 1. The van der Waals surface area contributed by atoms with Crippen LogP contribution in [0.4, 0.5) is 0 Å². The lowest BCUT2D eigenvalue weighted by molar-refractivity contribution is -0.108. The second-order valence-electron chi connectivity index (χ2n) is 4.35. The minimum atomic E-state index is 0.355. The van der Waals surface area contributed by atoms with Crippen LogP contribution in [0.1, 0.15) is 19.0 Å². The van der Waals surface area contributed by atoms with Crippen molar-refractivity contribution < 1.29 is 4.79 Å². The Morgan fingerprint density at radius 2 is 2.18 bits per heavy atom. The van der Waals surface area contributed by atoms with Crippen LogP contribution < -0.4 is 0 Å². The van der Waals surface area contributed by atoms with Gasteiger partial charge in [0.1, 0.15) is 6.29 Å². The van der Waals surface area contributed by atoms with Crippen LogP contribution in [0.25, 0.3) is 10.9 Å². The summed E-state index contributed by atoms with van der Waals surface area (Å²) in [6.45, 7) is 2.07. The van der Waals surface area contributed by atoms with Crippen molar-refractivity contribution in [1.29, 1.82) is 0 Å². The largest absolute Gasteiger partial charge is 0.303 e. The van der Waals surface area contributed by atoms with Gasteiger partial charge < -0.3 is 4.79 Å². The van der Waals surface area contributed by atoms with Gasteiger partial charge in [-0.3, -0.25) is 4.98 Å². The van der Waals surface area contributed by atoms with Gasteiger partial charge in [-0.25, -0.2) is 0 Å². The Hall–Kier alpha value is -1.22. The predicted molar refractivity (Wildman–Crippen MR) is 73.0 cm³/mol. The minimum Gasteiger partial charge on any atom is -0.303 e. The van der Waals surface area contributed by atoms with Crippen molar-refractivity contribution in [3.8, 4) is 0 Å². The molecule has 0 radical (unpaired) electrons. The molecule has 88 valence electrons. The highest BCUT2D eigenvalue weighted by atomic mass is 79.9. The van der Waals surface area contributed by atoms with Crippen LogP contribution in [0.3, 0.4) is 0 Å². The summed E-state index contributed by atoms with van der Waals surface area (Å²) in [6, 6.07) is 10.2. The molecule has 1 atom stereocenters. The number of hydrogen-bond acceptors (Lipinski definition) is 2. The van der Waals surface area contributed by atoms with Crippen molar-refractivity contribution in [2.75, 3.05) is 0 Å². The molecule has 3 heteroatoms. The van der Waals surface area contributed by atoms with E-state index in [1.807, 2.05) is 18.2 Å². The summed E-state index contributed by atoms with van der Waals surface area (Å²) in [4.78, 5) is 15.0. The summed E-state index contributed by atoms with van der Waals surface area (Å²) in [5.74, 6) is 0.355. The zero-order chi connectivity index (χ0) is 12.3. The Labute approximate surface area is 109 Å². The van der Waals surface area contributed by atoms with Crippen molar-refractivity contribution in [3.05, 3.63) is 40.5 Å². The maximum Gasteiger partial charge on any atom is 0.120 e. The van der Waals surface area contributed by atoms with Crippen LogP contribution in [0, 0.1) is 5.92 Å². The molecule has 0 N–H and O–H groups in total. The molecule has 2 aromatic rings. The molecule has 1 unspecified atom stereocenters. The molecule has 0 bridgehead atoms. The molecule has 0 amide bonds. The highest BCUT2D eigenvalue weighted by Crippen LogP contribution is 2.19. The van der Waals surface area contributed by atoms with E-state index in [4.69, 9.17) is 0 Å². The van der Waals surface area contributed by atoms with Crippen molar-refractivity contribution in [3.63, 3.8) is 0 Å². The molecule has 0 saturated carbocycles. The van der Waals surface area contributed by atoms with Crippen LogP contribution in [-0.2, 0) is 11.2 Å². The van der Waals surface area contributed by atoms with Crippen LogP contribution in [0.15, 0.2) is 34.8 Å². The van der Waals surface area contributed by atoms with Gasteiger partial charge in [-0.2, -0.15) is 0 Å². The van der Waals surface area contributed by atoms with Gasteiger partial charge in [0.2, 0.25) is 0 Å². The topological polar surface area (TPSA) is 30.0 Å². The van der Waals surface area contributed by atoms with Crippen LogP contribution in [0.2, 0.25) is 0 Å². The standard InChI is InChI=1S/C14H14BrNO/c1-10(6-7-17)8-13-4-2-11-9-12(15)3-5-14(11)16-13/h2-5,7,9-10H,6,8H2,1H3. The molecule has 2 nitrogen and oxygen atoms in total. The number of carbonyl (C=O) groups excluding carboxylic acids is 1. The fourth-order valence-electron chi connectivity index (χ4n) is 1.86. The molecule has 17 heavy (non-hydrogen) atoms. The van der Waals surface area contributed by atoms with Gasteiger partial charge in [-0.15, -0.1) is 0 Å². The Morgan fingerprint density at radius 3 is 2.94 bits per heavy atom. The Morgan fingerprint density at radius 1 is 1.35 bits per heavy atom. The Bertz CT molecular complexity index is 539. The third kappa shape index (κ3) is 3.13. The number of carbonyl (C=O) groups is 1. The SMILES string of the molecule is CC(CC=O)Cc1ccc2cc(Br)ccc2n1. The van der Waals surface area contributed by atoms with Gasteiger partial charge >= 0.3 is 0 Å². The zero-order valence-corrected chi connectivity index (χ0v) is 11.3. The van der Waals surface area contributed by atoms with E-state index in [0.29, 0.717) is 12.3 Å². The highest BCUT2D eigenvalue weighted by Gasteiger charge is 2.05. The average molecular weight is 292 g/mol. The monoisotopic (exact) mass is 291 g/mol. The van der Waals surface area contributed by atoms with E-state index < -0.39 is 0 Å². The molecule has 0 fully saturated rings. The van der Waals surface area contributed by atoms with Crippen LogP contribution >= 0.6 is 15.9 Å². The third-order valence-electron chi connectivity index (χ3n) is 2.77. The van der Waals surface area contributed by atoms with Crippen LogP contribution in [0.5, 0.6) is 0 Å². The molecule has 0 saturated heterocycles. The molecule has 0 aliphatic carbocycles. The molecule has 0 aliphatic rings. The third-order valence-corrected chi connectivity index (χ3v) is 3.26. The number of aldehydes is 1. The fraction of sp³-hybridized carbons (Fsp3) is 0.286. The quantitative estimate of drug-likeness (QED) is 0.803. The first-order chi connectivity index (χ1) is 8.19. The summed E-state index contributed by atoms with van der Waals surface area (Å²) < 4.78 is 1.06. The number of nitrogens with zero attached hydrogens (tertiary/aromatic N) is 1. The van der Waals surface area contributed by atoms with Gasteiger partial charge in [0.25, 0.3) is 0 Å². The first-order valence-electron chi connectivity index (χ1n) is 5.68. The first kappa shape index (κ1) is 12.2. The van der Waals surface area contributed by atoms with Crippen molar-refractivity contribution in [1.82, 2.24) is 4.98 Å². The second-order valence-corrected chi connectivity index (χ2v) is 5.27. The maximum absolute atomic E-state index is 10.4. The van der Waals surface area contributed by atoms with Crippen molar-refractivity contribution in [2.45, 2.75) is 19.8 Å². The molecule has 1 heterocycles. The molecular formula is C14H14BrNO. The van der Waals surface area contributed by atoms with E-state index in [1.165, 1.54) is 0 Å². The number of pyridine rings is 1. The van der Waals surface area contributed by atoms with E-state index in [2.05, 4.69) is 40.0 Å². The van der Waals surface area contributed by atoms with E-state index in [0.717, 1.165) is 33.8 Å². The van der Waals surface area contributed by atoms with E-state index >= 15 is 0 Å². The van der Waals surface area contributed by atoms with E-state index in [1.54, 1.807) is 0 Å². The molecule has 0 aliphatic heterocycles. The summed E-state index contributed by atoms with van der Waals surface area (Å²) in [7, 11) is 0. The molecule has 1 aromatic heterocycles. The van der Waals surface area contributed by atoms with Gasteiger partial charge in [-0.1, -0.05) is 28.9 Å². The van der Waals surface area contributed by atoms with E-state index in [9.17, 15) is 4.79 Å². The van der Waals surface area contributed by atoms with Crippen molar-refractivity contribution >= 4 is 33.1 Å². The van der Waals surface area contributed by atoms with E-state index in [-0.39, 0.29) is 0 Å². The lowest BCUT2D eigenvalue weighted by atomic mass is 10.0. The normalized spacial score (nSPS) is 12.6. The smallest absolute Gasteiger partial charge is 0.120 e. The maximum atomic E-state index is 10.4. The number of halogens is 1. The highest BCUT2D eigenvalue weighted by molar-refractivity contribution is 9.10. The van der Waals surface area contributed by atoms with Gasteiger partial charge in [0, 0.05) is 22.0 Å². The zero-order valence-electron chi connectivity index (χ0n) is 9.69. The Balaban J connectivity index is 2.25. The van der Waals surface area contributed by atoms with Gasteiger partial charge in [0.05, 0.1) is 5.52 Å². The molecule has 0 spiro atoms. The summed E-state index contributed by atoms with van der Waals surface area (Å²) in [6.07, 6.45) is 2.42. The fourth-order valence-corrected chi connectivity index (χ4v) is 2.24. The molecular weight excluding hydrogens is 278 g/mol. The number of aromatic nitrogens is 1. The van der Waals surface area contributed by atoms with Gasteiger partial charge in [0.15, 0.2) is 0 Å².